The van der Waals surface area contributed by atoms with Gasteiger partial charge in [-0.1, -0.05) is 30.3 Å². The van der Waals surface area contributed by atoms with E-state index < -0.39 is 12.1 Å². The van der Waals surface area contributed by atoms with Gasteiger partial charge in [0.05, 0.1) is 11.8 Å². The summed E-state index contributed by atoms with van der Waals surface area (Å²) >= 11 is 11.1. The van der Waals surface area contributed by atoms with Gasteiger partial charge in [0.2, 0.25) is 5.91 Å². The number of benzene rings is 1. The maximum atomic E-state index is 12.2. The van der Waals surface area contributed by atoms with Crippen LogP contribution in [0.5, 0.6) is 0 Å². The van der Waals surface area contributed by atoms with Crippen molar-refractivity contribution in [2.75, 3.05) is 24.8 Å². The topological polar surface area (TPSA) is 90.9 Å². The number of halogens is 2. The number of rotatable bonds is 9. The van der Waals surface area contributed by atoms with E-state index in [9.17, 15) is 14.5 Å². The molecule has 1 aromatic carbocycles. The molecule has 126 valence electrons. The van der Waals surface area contributed by atoms with Crippen LogP contribution in [0.2, 0.25) is 0 Å². The lowest BCUT2D eigenvalue weighted by Gasteiger charge is -2.21. The first-order valence-corrected chi connectivity index (χ1v) is 8.04. The highest BCUT2D eigenvalue weighted by atomic mass is 35.5. The molecule has 0 saturated heterocycles. The van der Waals surface area contributed by atoms with Crippen molar-refractivity contribution in [3.8, 4) is 0 Å². The van der Waals surface area contributed by atoms with Crippen LogP contribution in [0.15, 0.2) is 35.6 Å². The summed E-state index contributed by atoms with van der Waals surface area (Å²) in [4.78, 5) is 34.8. The minimum Gasteiger partial charge on any atom is -0.353 e. The number of hydrogen-bond donors (Lipinski definition) is 2. The van der Waals surface area contributed by atoms with Gasteiger partial charge in [-0.15, -0.1) is 28.1 Å². The molecular formula is C14H18Cl2N4O3. The lowest BCUT2D eigenvalue weighted by molar-refractivity contribution is -0.122. The molecule has 0 aliphatic carbocycles. The van der Waals surface area contributed by atoms with Gasteiger partial charge in [-0.25, -0.2) is 4.79 Å². The summed E-state index contributed by atoms with van der Waals surface area (Å²) in [6.45, 7) is 0.233. The summed E-state index contributed by atoms with van der Waals surface area (Å²) in [5, 5.41) is 8.33. The van der Waals surface area contributed by atoms with Crippen LogP contribution in [0.25, 0.3) is 0 Å². The third kappa shape index (κ3) is 6.83. The van der Waals surface area contributed by atoms with Gasteiger partial charge in [0.1, 0.15) is 6.04 Å². The molecule has 0 fully saturated rings. The van der Waals surface area contributed by atoms with Crippen molar-refractivity contribution in [3.63, 3.8) is 0 Å². The fourth-order valence-corrected chi connectivity index (χ4v) is 2.09. The number of urea groups is 1. The van der Waals surface area contributed by atoms with Gasteiger partial charge in [-0.3, -0.25) is 4.79 Å². The summed E-state index contributed by atoms with van der Waals surface area (Å²) in [6, 6.07) is 7.55. The van der Waals surface area contributed by atoms with Crippen molar-refractivity contribution >= 4 is 35.1 Å². The standard InChI is InChI=1S/C14H18Cl2N4O3/c15-6-8-17-13(21)12(10-11-4-2-1-3-5-11)18-14(22)20(19-23)9-7-16/h1-5,12H,6-10H2,(H,17,21)(H,18,22)/t12-/m0/s1. The van der Waals surface area contributed by atoms with E-state index in [0.717, 1.165) is 5.56 Å². The fraction of sp³-hybridized carbons (Fsp3) is 0.429. The number of hydrogen-bond acceptors (Lipinski definition) is 4. The van der Waals surface area contributed by atoms with Gasteiger partial charge >= 0.3 is 6.03 Å². The largest absolute Gasteiger partial charge is 0.353 e. The predicted molar refractivity (Wildman–Crippen MR) is 89.4 cm³/mol. The molecular weight excluding hydrogens is 343 g/mol. The van der Waals surface area contributed by atoms with E-state index in [1.807, 2.05) is 30.3 Å². The summed E-state index contributed by atoms with van der Waals surface area (Å²) in [5.74, 6) is -0.0768. The first kappa shape index (κ1) is 19.2. The summed E-state index contributed by atoms with van der Waals surface area (Å²) in [5.41, 5.74) is 0.863. The molecule has 3 amide bonds. The quantitative estimate of drug-likeness (QED) is 0.400. The Bertz CT molecular complexity index is 516. The zero-order valence-electron chi connectivity index (χ0n) is 12.4. The monoisotopic (exact) mass is 360 g/mol. The number of nitrogens with zero attached hydrogens (tertiary/aromatic N) is 2. The van der Waals surface area contributed by atoms with E-state index in [4.69, 9.17) is 23.2 Å². The van der Waals surface area contributed by atoms with Gasteiger partial charge < -0.3 is 10.6 Å². The molecule has 2 N–H and O–H groups in total. The van der Waals surface area contributed by atoms with Crippen LogP contribution in [0.1, 0.15) is 5.56 Å². The number of carbonyl (C=O) groups is 2. The molecule has 0 spiro atoms. The van der Waals surface area contributed by atoms with E-state index >= 15 is 0 Å². The van der Waals surface area contributed by atoms with Gasteiger partial charge in [0, 0.05) is 24.7 Å². The van der Waals surface area contributed by atoms with E-state index in [-0.39, 0.29) is 37.2 Å². The Kier molecular flexibility index (Phi) is 9.01. The number of amides is 3. The Morgan fingerprint density at radius 2 is 1.87 bits per heavy atom. The first-order chi connectivity index (χ1) is 11.1. The molecule has 0 aliphatic rings. The number of carbonyl (C=O) groups excluding carboxylic acids is 2. The fourth-order valence-electron chi connectivity index (χ4n) is 1.84. The summed E-state index contributed by atoms with van der Waals surface area (Å²) in [6.07, 6.45) is 0.272. The molecule has 0 bridgehead atoms. The van der Waals surface area contributed by atoms with Crippen molar-refractivity contribution < 1.29 is 9.59 Å². The lowest BCUT2D eigenvalue weighted by atomic mass is 10.1. The van der Waals surface area contributed by atoms with Crippen LogP contribution in [0.4, 0.5) is 4.79 Å². The molecule has 7 nitrogen and oxygen atoms in total. The molecule has 0 aromatic heterocycles. The Hall–Kier alpha value is -1.86. The van der Waals surface area contributed by atoms with E-state index in [2.05, 4.69) is 15.9 Å². The van der Waals surface area contributed by atoms with Crippen LogP contribution < -0.4 is 10.6 Å². The van der Waals surface area contributed by atoms with Gasteiger partial charge in [-0.05, 0) is 5.56 Å². The van der Waals surface area contributed by atoms with Crippen LogP contribution in [-0.4, -0.2) is 47.8 Å². The molecule has 23 heavy (non-hydrogen) atoms. The highest BCUT2D eigenvalue weighted by Crippen LogP contribution is 2.05. The Morgan fingerprint density at radius 3 is 2.43 bits per heavy atom. The van der Waals surface area contributed by atoms with Crippen molar-refractivity contribution in [1.82, 2.24) is 15.6 Å². The van der Waals surface area contributed by atoms with Crippen LogP contribution in [-0.2, 0) is 11.2 Å². The van der Waals surface area contributed by atoms with Crippen molar-refractivity contribution in [2.24, 2.45) is 5.29 Å². The minimum absolute atomic E-state index is 0.0434. The third-order valence-corrected chi connectivity index (χ3v) is 3.28. The maximum Gasteiger partial charge on any atom is 0.341 e. The Morgan fingerprint density at radius 1 is 1.17 bits per heavy atom. The second-order valence-corrected chi connectivity index (χ2v) is 5.32. The second-order valence-electron chi connectivity index (χ2n) is 4.57. The van der Waals surface area contributed by atoms with Crippen LogP contribution >= 0.6 is 23.2 Å². The number of nitrogens with one attached hydrogen (secondary N) is 2. The van der Waals surface area contributed by atoms with E-state index in [1.54, 1.807) is 0 Å². The second kappa shape index (κ2) is 10.8. The van der Waals surface area contributed by atoms with Gasteiger partial charge in [0.15, 0.2) is 0 Å². The van der Waals surface area contributed by atoms with Crippen LogP contribution in [0.3, 0.4) is 0 Å². The van der Waals surface area contributed by atoms with Crippen molar-refractivity contribution in [3.05, 3.63) is 40.8 Å². The van der Waals surface area contributed by atoms with Crippen LogP contribution in [0, 0.1) is 4.91 Å². The summed E-state index contributed by atoms with van der Waals surface area (Å²) < 4.78 is 0. The molecule has 0 aliphatic heterocycles. The van der Waals surface area contributed by atoms with Crippen molar-refractivity contribution in [1.29, 1.82) is 0 Å². The molecule has 1 aromatic rings. The zero-order chi connectivity index (χ0) is 17.1. The Labute approximate surface area is 144 Å². The average molecular weight is 361 g/mol. The minimum atomic E-state index is -0.854. The van der Waals surface area contributed by atoms with Crippen molar-refractivity contribution in [2.45, 2.75) is 12.5 Å². The molecule has 1 rings (SSSR count). The number of alkyl halides is 2. The van der Waals surface area contributed by atoms with Gasteiger partial charge in [-0.2, -0.15) is 5.01 Å². The lowest BCUT2D eigenvalue weighted by Crippen LogP contribution is -2.51. The number of nitroso groups, excluding NO2 is 1. The highest BCUT2D eigenvalue weighted by Gasteiger charge is 2.24. The first-order valence-electron chi connectivity index (χ1n) is 6.97. The smallest absolute Gasteiger partial charge is 0.341 e. The maximum absolute atomic E-state index is 12.2. The molecule has 1 atom stereocenters. The van der Waals surface area contributed by atoms with E-state index in [0.29, 0.717) is 5.01 Å². The predicted octanol–water partition coefficient (Wildman–Crippen LogP) is 1.88. The molecule has 0 unspecified atom stereocenters. The van der Waals surface area contributed by atoms with E-state index in [1.165, 1.54) is 0 Å². The normalized spacial score (nSPS) is 11.4. The molecule has 0 radical (unpaired) electrons. The highest BCUT2D eigenvalue weighted by molar-refractivity contribution is 6.18. The average Bonchev–Trinajstić information content (AvgIpc) is 2.57. The SMILES string of the molecule is O=NN(CCCl)C(=O)N[C@@H](Cc1ccccc1)C(=O)NCCCl. The van der Waals surface area contributed by atoms with Gasteiger partial charge in [0.25, 0.3) is 0 Å². The molecule has 0 saturated carbocycles. The zero-order valence-corrected chi connectivity index (χ0v) is 13.9. The molecule has 0 heterocycles. The summed E-state index contributed by atoms with van der Waals surface area (Å²) in [7, 11) is 0. The third-order valence-electron chi connectivity index (χ3n) is 2.92. The molecule has 9 heteroatoms. The Balaban J connectivity index is 2.79.